The van der Waals surface area contributed by atoms with Crippen molar-refractivity contribution < 1.29 is 27.5 Å². The number of hydrogen-bond donors (Lipinski definition) is 1. The van der Waals surface area contributed by atoms with Gasteiger partial charge in [0.05, 0.1) is 6.54 Å². The highest BCUT2D eigenvalue weighted by atomic mass is 19.4. The molecule has 0 spiro atoms. The van der Waals surface area contributed by atoms with Crippen LogP contribution in [0, 0.1) is 0 Å². The van der Waals surface area contributed by atoms with Crippen molar-refractivity contribution in [3.05, 3.63) is 53.6 Å². The fraction of sp³-hybridized carbons (Fsp3) is 0.333. The van der Waals surface area contributed by atoms with Crippen LogP contribution in [0.3, 0.4) is 0 Å². The molecule has 9 heteroatoms. The van der Waals surface area contributed by atoms with E-state index in [-0.39, 0.29) is 24.1 Å². The molecule has 2 amide bonds. The Bertz CT molecular complexity index is 945. The molecule has 1 N–H and O–H groups in total. The van der Waals surface area contributed by atoms with Gasteiger partial charge in [0.15, 0.2) is 0 Å². The average Bonchev–Trinajstić information content (AvgIpc) is 2.66. The molecule has 0 unspecified atom stereocenters. The number of hydrogen-bond acceptors (Lipinski definition) is 4. The van der Waals surface area contributed by atoms with Crippen LogP contribution in [0.2, 0.25) is 0 Å². The Morgan fingerprint density at radius 3 is 2.63 bits per heavy atom. The quantitative estimate of drug-likeness (QED) is 0.800. The largest absolute Gasteiger partial charge is 0.573 e. The first-order chi connectivity index (χ1) is 14.1. The number of nitrogens with one attached hydrogen (secondary N) is 1. The maximum absolute atomic E-state index is 12.5. The van der Waals surface area contributed by atoms with Gasteiger partial charge in [0.2, 0.25) is 5.91 Å². The van der Waals surface area contributed by atoms with E-state index in [4.69, 9.17) is 0 Å². The molecule has 1 aliphatic rings. The zero-order chi connectivity index (χ0) is 21.9. The number of ether oxygens (including phenoxy) is 1. The van der Waals surface area contributed by atoms with Crippen LogP contribution in [0.1, 0.15) is 22.3 Å². The van der Waals surface area contributed by atoms with Crippen molar-refractivity contribution in [1.82, 2.24) is 4.90 Å². The van der Waals surface area contributed by atoms with Crippen LogP contribution < -0.4 is 15.0 Å². The predicted octanol–water partition coefficient (Wildman–Crippen LogP) is 3.68. The van der Waals surface area contributed by atoms with Crippen LogP contribution in [0.4, 0.5) is 24.5 Å². The monoisotopic (exact) mass is 421 g/mol. The second kappa shape index (κ2) is 8.64. The molecule has 6 nitrogen and oxygen atoms in total. The number of alkyl halides is 3. The standard InChI is InChI=1S/C21H22F3N3O3/c1-26(2)20(29)15-5-3-7-16(11-15)25-19(28)13-27-10-4-6-14-12-17(8-9-18(14)27)30-21(22,23)24/h3,5,7-9,11-12H,4,6,10,13H2,1-2H3,(H,25,28). The van der Waals surface area contributed by atoms with Crippen molar-refractivity contribution in [2.75, 3.05) is 37.4 Å². The maximum Gasteiger partial charge on any atom is 0.573 e. The fourth-order valence-corrected chi connectivity index (χ4v) is 3.37. The van der Waals surface area contributed by atoms with E-state index in [1.807, 2.05) is 4.90 Å². The highest BCUT2D eigenvalue weighted by Gasteiger charge is 2.31. The van der Waals surface area contributed by atoms with E-state index < -0.39 is 6.36 Å². The number of carbonyl (C=O) groups is 2. The van der Waals surface area contributed by atoms with Gasteiger partial charge in [0.25, 0.3) is 5.91 Å². The lowest BCUT2D eigenvalue weighted by molar-refractivity contribution is -0.274. The summed E-state index contributed by atoms with van der Waals surface area (Å²) in [4.78, 5) is 27.9. The molecule has 1 heterocycles. The molecule has 0 bridgehead atoms. The van der Waals surface area contributed by atoms with Crippen molar-refractivity contribution in [2.24, 2.45) is 0 Å². The van der Waals surface area contributed by atoms with E-state index in [2.05, 4.69) is 10.1 Å². The lowest BCUT2D eigenvalue weighted by Crippen LogP contribution is -2.36. The Hall–Kier alpha value is -3.23. The lowest BCUT2D eigenvalue weighted by atomic mass is 10.0. The molecule has 0 fully saturated rings. The summed E-state index contributed by atoms with van der Waals surface area (Å²) in [5.74, 6) is -0.726. The molecule has 1 aliphatic heterocycles. The number of halogens is 3. The first-order valence-corrected chi connectivity index (χ1v) is 9.37. The molecule has 160 valence electrons. The number of fused-ring (bicyclic) bond motifs is 1. The molecule has 0 saturated carbocycles. The van der Waals surface area contributed by atoms with Crippen LogP contribution in [-0.2, 0) is 11.2 Å². The highest BCUT2D eigenvalue weighted by molar-refractivity contribution is 5.98. The molecule has 3 rings (SSSR count). The van der Waals surface area contributed by atoms with Gasteiger partial charge in [-0.3, -0.25) is 9.59 Å². The highest BCUT2D eigenvalue weighted by Crippen LogP contribution is 2.32. The van der Waals surface area contributed by atoms with E-state index in [1.54, 1.807) is 44.4 Å². The third-order valence-corrected chi connectivity index (χ3v) is 4.63. The number of aryl methyl sites for hydroxylation is 1. The molecule has 0 atom stereocenters. The van der Waals surface area contributed by atoms with Crippen molar-refractivity contribution in [2.45, 2.75) is 19.2 Å². The Balaban J connectivity index is 1.69. The second-order valence-corrected chi connectivity index (χ2v) is 7.19. The van der Waals surface area contributed by atoms with Crippen molar-refractivity contribution >= 4 is 23.2 Å². The van der Waals surface area contributed by atoms with E-state index >= 15 is 0 Å². The molecule has 2 aromatic rings. The summed E-state index contributed by atoms with van der Waals surface area (Å²) in [7, 11) is 3.29. The smallest absolute Gasteiger partial charge is 0.406 e. The van der Waals surface area contributed by atoms with Crippen LogP contribution in [0.5, 0.6) is 5.75 Å². The number of carbonyl (C=O) groups excluding carboxylic acids is 2. The summed E-state index contributed by atoms with van der Waals surface area (Å²) in [6, 6.07) is 10.8. The number of rotatable bonds is 5. The fourth-order valence-electron chi connectivity index (χ4n) is 3.37. The van der Waals surface area contributed by atoms with Gasteiger partial charge in [-0.2, -0.15) is 0 Å². The van der Waals surface area contributed by atoms with Gasteiger partial charge in [0.1, 0.15) is 5.75 Å². The predicted molar refractivity (Wildman–Crippen MR) is 107 cm³/mol. The summed E-state index contributed by atoms with van der Waals surface area (Å²) < 4.78 is 41.3. The second-order valence-electron chi connectivity index (χ2n) is 7.19. The zero-order valence-corrected chi connectivity index (χ0v) is 16.6. The number of anilines is 2. The Kier molecular flexibility index (Phi) is 6.19. The normalized spacial score (nSPS) is 13.4. The number of amides is 2. The van der Waals surface area contributed by atoms with Gasteiger partial charge in [-0.1, -0.05) is 6.07 Å². The van der Waals surface area contributed by atoms with Gasteiger partial charge in [-0.15, -0.1) is 13.2 Å². The minimum Gasteiger partial charge on any atom is -0.406 e. The summed E-state index contributed by atoms with van der Waals surface area (Å²) in [5, 5.41) is 2.77. The van der Waals surface area contributed by atoms with Crippen LogP contribution >= 0.6 is 0 Å². The third-order valence-electron chi connectivity index (χ3n) is 4.63. The first-order valence-electron chi connectivity index (χ1n) is 9.37. The lowest BCUT2D eigenvalue weighted by Gasteiger charge is -2.31. The molecule has 2 aromatic carbocycles. The van der Waals surface area contributed by atoms with Gasteiger partial charge >= 0.3 is 6.36 Å². The van der Waals surface area contributed by atoms with Gasteiger partial charge in [-0.25, -0.2) is 0 Å². The third kappa shape index (κ3) is 5.43. The van der Waals surface area contributed by atoms with E-state index in [9.17, 15) is 22.8 Å². The summed E-state index contributed by atoms with van der Waals surface area (Å²) in [6.45, 7) is 0.650. The SMILES string of the molecule is CN(C)C(=O)c1cccc(NC(=O)CN2CCCc3cc(OC(F)(F)F)ccc32)c1. The van der Waals surface area contributed by atoms with Crippen molar-refractivity contribution in [1.29, 1.82) is 0 Å². The molecule has 0 aromatic heterocycles. The topological polar surface area (TPSA) is 61.9 Å². The van der Waals surface area contributed by atoms with E-state index in [0.717, 1.165) is 0 Å². The number of benzene rings is 2. The molecule has 0 aliphatic carbocycles. The van der Waals surface area contributed by atoms with Crippen molar-refractivity contribution in [3.8, 4) is 5.75 Å². The summed E-state index contributed by atoms with van der Waals surface area (Å²) in [5.41, 5.74) is 2.37. The molecular weight excluding hydrogens is 399 g/mol. The average molecular weight is 421 g/mol. The van der Waals surface area contributed by atoms with Crippen molar-refractivity contribution in [3.63, 3.8) is 0 Å². The van der Waals surface area contributed by atoms with E-state index in [1.165, 1.54) is 17.0 Å². The zero-order valence-electron chi connectivity index (χ0n) is 16.6. The van der Waals surface area contributed by atoms with Crippen LogP contribution in [-0.4, -0.2) is 50.3 Å². The Labute approximate surface area is 172 Å². The first kappa shape index (κ1) is 21.5. The molecule has 30 heavy (non-hydrogen) atoms. The Morgan fingerprint density at radius 2 is 1.93 bits per heavy atom. The van der Waals surface area contributed by atoms with Gasteiger partial charge in [-0.05, 0) is 54.8 Å². The minimum atomic E-state index is -4.75. The minimum absolute atomic E-state index is 0.0400. The van der Waals surface area contributed by atoms with E-state index in [0.29, 0.717) is 41.9 Å². The maximum atomic E-state index is 12.5. The number of nitrogens with zero attached hydrogens (tertiary/aromatic N) is 2. The Morgan fingerprint density at radius 1 is 1.17 bits per heavy atom. The van der Waals surface area contributed by atoms with Gasteiger partial charge in [0, 0.05) is 37.6 Å². The summed E-state index contributed by atoms with van der Waals surface area (Å²) in [6.07, 6.45) is -3.43. The van der Waals surface area contributed by atoms with Crippen LogP contribution in [0.15, 0.2) is 42.5 Å². The van der Waals surface area contributed by atoms with Gasteiger partial charge < -0.3 is 19.9 Å². The summed E-state index contributed by atoms with van der Waals surface area (Å²) >= 11 is 0. The molecule has 0 saturated heterocycles. The molecular formula is C21H22F3N3O3. The van der Waals surface area contributed by atoms with Crippen LogP contribution in [0.25, 0.3) is 0 Å². The molecule has 0 radical (unpaired) electrons.